The summed E-state index contributed by atoms with van der Waals surface area (Å²) in [6, 6.07) is 12.7. The molecule has 0 spiro atoms. The Morgan fingerprint density at radius 3 is 2.68 bits per heavy atom. The molecule has 1 saturated carbocycles. The predicted molar refractivity (Wildman–Crippen MR) is 87.6 cm³/mol. The number of rotatable bonds is 6. The van der Waals surface area contributed by atoms with Gasteiger partial charge in [-0.1, -0.05) is 35.9 Å². The lowest BCUT2D eigenvalue weighted by Gasteiger charge is -2.18. The number of aromatic nitrogens is 1. The Hall–Kier alpha value is -2.16. The number of benzene rings is 1. The Morgan fingerprint density at radius 1 is 1.27 bits per heavy atom. The third-order valence-electron chi connectivity index (χ3n) is 4.22. The van der Waals surface area contributed by atoms with Gasteiger partial charge in [0.2, 0.25) is 5.91 Å². The molecule has 3 heteroatoms. The first kappa shape index (κ1) is 14.8. The Balaban J connectivity index is 1.71. The Kier molecular flexibility index (Phi) is 4.52. The molecule has 1 N–H and O–H groups in total. The quantitative estimate of drug-likeness (QED) is 0.888. The van der Waals surface area contributed by atoms with Gasteiger partial charge in [0.1, 0.15) is 0 Å². The molecule has 1 atom stereocenters. The Morgan fingerprint density at radius 2 is 2.05 bits per heavy atom. The standard InChI is InChI=1S/C19H22N2O/c1-14-4-6-16(7-5-14)18(11-15-3-2-10-20-12-15)13-21-19(22)17-8-9-17/h2-7,10,12,17-18H,8-9,11,13H2,1H3,(H,21,22). The zero-order chi connectivity index (χ0) is 15.4. The van der Waals surface area contributed by atoms with E-state index >= 15 is 0 Å². The molecule has 1 heterocycles. The average molecular weight is 294 g/mol. The molecule has 0 aliphatic heterocycles. The van der Waals surface area contributed by atoms with E-state index in [1.807, 2.05) is 12.3 Å². The van der Waals surface area contributed by atoms with Crippen LogP contribution in [0.15, 0.2) is 48.8 Å². The molecule has 0 radical (unpaired) electrons. The van der Waals surface area contributed by atoms with Gasteiger partial charge in [0, 0.05) is 30.8 Å². The van der Waals surface area contributed by atoms with Crippen molar-refractivity contribution in [2.24, 2.45) is 5.92 Å². The molecule has 0 saturated heterocycles. The Labute approximate surface area is 131 Å². The maximum absolute atomic E-state index is 11.9. The summed E-state index contributed by atoms with van der Waals surface area (Å²) in [5.74, 6) is 0.757. The highest BCUT2D eigenvalue weighted by molar-refractivity contribution is 5.80. The van der Waals surface area contributed by atoms with Gasteiger partial charge in [0.25, 0.3) is 0 Å². The van der Waals surface area contributed by atoms with Crippen LogP contribution < -0.4 is 5.32 Å². The molecule has 1 unspecified atom stereocenters. The highest BCUT2D eigenvalue weighted by atomic mass is 16.2. The molecule has 1 aromatic heterocycles. The van der Waals surface area contributed by atoms with Crippen molar-refractivity contribution in [2.45, 2.75) is 32.1 Å². The number of pyridine rings is 1. The minimum atomic E-state index is 0.211. The van der Waals surface area contributed by atoms with Crippen LogP contribution in [0, 0.1) is 12.8 Å². The summed E-state index contributed by atoms with van der Waals surface area (Å²) in [6.07, 6.45) is 6.68. The molecular formula is C19H22N2O. The van der Waals surface area contributed by atoms with Crippen molar-refractivity contribution in [3.05, 3.63) is 65.5 Å². The smallest absolute Gasteiger partial charge is 0.223 e. The molecule has 114 valence electrons. The molecule has 22 heavy (non-hydrogen) atoms. The van der Waals surface area contributed by atoms with Gasteiger partial charge in [0.05, 0.1) is 0 Å². The summed E-state index contributed by atoms with van der Waals surface area (Å²) in [4.78, 5) is 16.1. The normalized spacial score (nSPS) is 15.3. The molecular weight excluding hydrogens is 272 g/mol. The molecule has 1 amide bonds. The second kappa shape index (κ2) is 6.73. The molecule has 2 aromatic rings. The van der Waals surface area contributed by atoms with Crippen LogP contribution in [0.2, 0.25) is 0 Å². The van der Waals surface area contributed by atoms with E-state index < -0.39 is 0 Å². The van der Waals surface area contributed by atoms with Crippen LogP contribution in [-0.4, -0.2) is 17.4 Å². The number of amides is 1. The van der Waals surface area contributed by atoms with Gasteiger partial charge in [-0.3, -0.25) is 9.78 Å². The first-order valence-electron chi connectivity index (χ1n) is 7.95. The van der Waals surface area contributed by atoms with E-state index in [4.69, 9.17) is 0 Å². The van der Waals surface area contributed by atoms with E-state index in [1.165, 1.54) is 16.7 Å². The fourth-order valence-electron chi connectivity index (χ4n) is 2.66. The highest BCUT2D eigenvalue weighted by Gasteiger charge is 2.29. The molecule has 0 bridgehead atoms. The van der Waals surface area contributed by atoms with Crippen molar-refractivity contribution >= 4 is 5.91 Å². The topological polar surface area (TPSA) is 42.0 Å². The van der Waals surface area contributed by atoms with Crippen molar-refractivity contribution in [3.63, 3.8) is 0 Å². The maximum Gasteiger partial charge on any atom is 0.223 e. The average Bonchev–Trinajstić information content (AvgIpc) is 3.38. The summed E-state index contributed by atoms with van der Waals surface area (Å²) in [5.41, 5.74) is 3.73. The first-order valence-corrected chi connectivity index (χ1v) is 7.95. The van der Waals surface area contributed by atoms with Gasteiger partial charge < -0.3 is 5.32 Å². The van der Waals surface area contributed by atoms with Gasteiger partial charge in [-0.05, 0) is 43.4 Å². The highest BCUT2D eigenvalue weighted by Crippen LogP contribution is 2.29. The molecule has 3 nitrogen and oxygen atoms in total. The predicted octanol–water partition coefficient (Wildman–Crippen LogP) is 3.24. The van der Waals surface area contributed by atoms with Crippen molar-refractivity contribution in [3.8, 4) is 0 Å². The largest absolute Gasteiger partial charge is 0.355 e. The monoisotopic (exact) mass is 294 g/mol. The van der Waals surface area contributed by atoms with Crippen LogP contribution in [0.5, 0.6) is 0 Å². The van der Waals surface area contributed by atoms with Crippen molar-refractivity contribution < 1.29 is 4.79 Å². The minimum absolute atomic E-state index is 0.211. The number of nitrogens with zero attached hydrogens (tertiary/aromatic N) is 1. The van der Waals surface area contributed by atoms with Crippen LogP contribution in [0.1, 0.15) is 35.4 Å². The van der Waals surface area contributed by atoms with Gasteiger partial charge in [-0.2, -0.15) is 0 Å². The lowest BCUT2D eigenvalue weighted by atomic mass is 9.92. The van der Waals surface area contributed by atoms with Gasteiger partial charge in [-0.25, -0.2) is 0 Å². The SMILES string of the molecule is Cc1ccc(C(CNC(=O)C2CC2)Cc2cccnc2)cc1. The summed E-state index contributed by atoms with van der Waals surface area (Å²) < 4.78 is 0. The molecule has 1 aliphatic rings. The number of nitrogens with one attached hydrogen (secondary N) is 1. The zero-order valence-corrected chi connectivity index (χ0v) is 13.0. The fourth-order valence-corrected chi connectivity index (χ4v) is 2.66. The zero-order valence-electron chi connectivity index (χ0n) is 13.0. The number of hydrogen-bond donors (Lipinski definition) is 1. The minimum Gasteiger partial charge on any atom is -0.355 e. The molecule has 1 fully saturated rings. The van der Waals surface area contributed by atoms with E-state index in [1.54, 1.807) is 6.20 Å². The van der Waals surface area contributed by atoms with Crippen molar-refractivity contribution in [1.29, 1.82) is 0 Å². The van der Waals surface area contributed by atoms with Crippen LogP contribution in [0.3, 0.4) is 0 Å². The van der Waals surface area contributed by atoms with Gasteiger partial charge in [0.15, 0.2) is 0 Å². The summed E-state index contributed by atoms with van der Waals surface area (Å²) in [6.45, 7) is 2.78. The first-order chi connectivity index (χ1) is 10.7. The van der Waals surface area contributed by atoms with E-state index in [9.17, 15) is 4.79 Å². The van der Waals surface area contributed by atoms with Crippen LogP contribution >= 0.6 is 0 Å². The lowest BCUT2D eigenvalue weighted by molar-refractivity contribution is -0.122. The van der Waals surface area contributed by atoms with E-state index in [-0.39, 0.29) is 17.7 Å². The third kappa shape index (κ3) is 3.94. The van der Waals surface area contributed by atoms with Crippen LogP contribution in [0.25, 0.3) is 0 Å². The number of aryl methyl sites for hydroxylation is 1. The van der Waals surface area contributed by atoms with Crippen LogP contribution in [0.4, 0.5) is 0 Å². The molecule has 1 aliphatic carbocycles. The van der Waals surface area contributed by atoms with Crippen molar-refractivity contribution in [2.75, 3.05) is 6.54 Å². The van der Waals surface area contributed by atoms with Crippen LogP contribution in [-0.2, 0) is 11.2 Å². The van der Waals surface area contributed by atoms with E-state index in [2.05, 4.69) is 47.6 Å². The van der Waals surface area contributed by atoms with Crippen molar-refractivity contribution in [1.82, 2.24) is 10.3 Å². The fraction of sp³-hybridized carbons (Fsp3) is 0.368. The number of hydrogen-bond acceptors (Lipinski definition) is 2. The molecule has 3 rings (SSSR count). The van der Waals surface area contributed by atoms with E-state index in [0.717, 1.165) is 19.3 Å². The van der Waals surface area contributed by atoms with E-state index in [0.29, 0.717) is 6.54 Å². The Bertz CT molecular complexity index is 618. The number of carbonyl (C=O) groups excluding carboxylic acids is 1. The second-order valence-electron chi connectivity index (χ2n) is 6.19. The number of carbonyl (C=O) groups is 1. The second-order valence-corrected chi connectivity index (χ2v) is 6.19. The molecule has 1 aromatic carbocycles. The summed E-state index contributed by atoms with van der Waals surface area (Å²) in [7, 11) is 0. The van der Waals surface area contributed by atoms with Gasteiger partial charge >= 0.3 is 0 Å². The lowest BCUT2D eigenvalue weighted by Crippen LogP contribution is -2.30. The summed E-state index contributed by atoms with van der Waals surface area (Å²) in [5, 5.41) is 3.12. The third-order valence-corrected chi connectivity index (χ3v) is 4.22. The van der Waals surface area contributed by atoms with Gasteiger partial charge in [-0.15, -0.1) is 0 Å². The maximum atomic E-state index is 11.9. The summed E-state index contributed by atoms with van der Waals surface area (Å²) >= 11 is 0.